The van der Waals surface area contributed by atoms with Gasteiger partial charge in [-0.05, 0) is 0 Å². The monoisotopic (exact) mass is 237 g/mol. The predicted octanol–water partition coefficient (Wildman–Crippen LogP) is -3.36. The summed E-state index contributed by atoms with van der Waals surface area (Å²) in [6.07, 6.45) is 0. The van der Waals surface area contributed by atoms with Crippen molar-refractivity contribution in [1.82, 2.24) is 4.90 Å². The molecule has 0 aromatic carbocycles. The second kappa shape index (κ2) is 6.47. The third-order valence-corrected chi connectivity index (χ3v) is 2.32. The quantitative estimate of drug-likeness (QED) is 0.239. The molecule has 0 fully saturated rings. The van der Waals surface area contributed by atoms with Crippen molar-refractivity contribution in [2.75, 3.05) is 19.3 Å². The zero-order chi connectivity index (χ0) is 9.07. The summed E-state index contributed by atoms with van der Waals surface area (Å²) in [5, 5.41) is 0. The summed E-state index contributed by atoms with van der Waals surface area (Å²) in [5.74, 6) is -0.347. The number of hydrogen-bond acceptors (Lipinski definition) is 4. The van der Waals surface area contributed by atoms with Crippen LogP contribution in [-0.2, 0) is 22.7 Å². The summed E-state index contributed by atoms with van der Waals surface area (Å²) in [4.78, 5) is 1.40. The summed E-state index contributed by atoms with van der Waals surface area (Å²) in [5.41, 5.74) is 0. The van der Waals surface area contributed by atoms with Gasteiger partial charge in [-0.3, -0.25) is 4.55 Å². The van der Waals surface area contributed by atoms with E-state index in [2.05, 4.69) is 24.8 Å². The molecule has 8 heteroatoms. The van der Waals surface area contributed by atoms with E-state index in [0.717, 1.165) is 0 Å². The van der Waals surface area contributed by atoms with Crippen molar-refractivity contribution in [2.24, 2.45) is 0 Å². The van der Waals surface area contributed by atoms with Crippen LogP contribution in [0.3, 0.4) is 0 Å². The van der Waals surface area contributed by atoms with Crippen LogP contribution < -0.4 is 29.6 Å². The normalized spacial score (nSPS) is 10.2. The molecule has 1 N–H and O–H groups in total. The Balaban J connectivity index is 0. The maximum atomic E-state index is 10.2. The van der Waals surface area contributed by atoms with Crippen LogP contribution in [0.5, 0.6) is 0 Å². The molecule has 12 heavy (non-hydrogen) atoms. The Hall–Kier alpha value is 1.02. The van der Waals surface area contributed by atoms with Gasteiger partial charge in [0.1, 0.15) is 0 Å². The van der Waals surface area contributed by atoms with Gasteiger partial charge in [0.05, 0.1) is 5.75 Å². The molecule has 0 unspecified atom stereocenters. The summed E-state index contributed by atoms with van der Waals surface area (Å²) in [7, 11) is -2.33. The van der Waals surface area contributed by atoms with Gasteiger partial charge in [-0.25, -0.2) is 0 Å². The molecule has 0 spiro atoms. The average Bonchev–Trinajstić information content (AvgIpc) is 1.80. The number of hydrogen-bond donors (Lipinski definition) is 1. The van der Waals surface area contributed by atoms with Gasteiger partial charge in [-0.15, -0.1) is 0 Å². The van der Waals surface area contributed by atoms with Crippen LogP contribution in [0, 0.1) is 0 Å². The minimum atomic E-state index is -3.90. The molecule has 0 bridgehead atoms. The Bertz CT molecular complexity index is 240. The zero-order valence-corrected chi connectivity index (χ0v) is 11.3. The van der Waals surface area contributed by atoms with Crippen LogP contribution in [0.4, 0.5) is 0 Å². The van der Waals surface area contributed by atoms with Gasteiger partial charge < -0.3 is 29.7 Å². The van der Waals surface area contributed by atoms with E-state index in [1.54, 1.807) is 7.05 Å². The van der Waals surface area contributed by atoms with Gasteiger partial charge in [0.2, 0.25) is 0 Å². The second-order valence-electron chi connectivity index (χ2n) is 1.97. The second-order valence-corrected chi connectivity index (χ2v) is 4.58. The Morgan fingerprint density at radius 3 is 2.33 bits per heavy atom. The van der Waals surface area contributed by atoms with Gasteiger partial charge in [-0.2, -0.15) is 8.42 Å². The average molecular weight is 237 g/mol. The van der Waals surface area contributed by atoms with E-state index in [1.165, 1.54) is 4.90 Å². The number of rotatable bonds is 3. The first-order chi connectivity index (χ1) is 4.83. The molecule has 0 aromatic heterocycles. The molecule has 0 rings (SSSR count). The Labute approximate surface area is 105 Å². The van der Waals surface area contributed by atoms with Crippen LogP contribution >= 0.6 is 12.2 Å². The Morgan fingerprint density at radius 1 is 1.67 bits per heavy atom. The molecule has 0 saturated heterocycles. The molecule has 0 atom stereocenters. The van der Waals surface area contributed by atoms with Crippen LogP contribution in [0.15, 0.2) is 0 Å². The summed E-state index contributed by atoms with van der Waals surface area (Å²) in [6.45, 7) is 0.126. The largest absolute Gasteiger partial charge is 1.00 e. The van der Waals surface area contributed by atoms with E-state index in [-0.39, 0.29) is 46.2 Å². The van der Waals surface area contributed by atoms with Crippen LogP contribution in [0.1, 0.15) is 0 Å². The van der Waals surface area contributed by atoms with Crippen molar-refractivity contribution < 1.29 is 42.5 Å². The molecule has 4 nitrogen and oxygen atoms in total. The minimum Gasteiger partial charge on any atom is -0.411 e. The molecular weight excluding hydrogens is 229 g/mol. The first-order valence-corrected chi connectivity index (χ1v) is 5.13. The topological polar surface area (TPSA) is 57.6 Å². The SMILES string of the molecule is CN(CCS(=O)(=O)O)C(=S)[S-].[Na+]. The molecular formula is C4H8NNaO3S3. The van der Waals surface area contributed by atoms with Crippen LogP contribution in [-0.4, -0.2) is 41.5 Å². The predicted molar refractivity (Wildman–Crippen MR) is 49.0 cm³/mol. The maximum absolute atomic E-state index is 10.2. The van der Waals surface area contributed by atoms with Gasteiger partial charge >= 0.3 is 29.6 Å². The Morgan fingerprint density at radius 2 is 2.08 bits per heavy atom. The molecule has 0 aromatic rings. The molecule has 0 saturated carbocycles. The van der Waals surface area contributed by atoms with Crippen molar-refractivity contribution in [1.29, 1.82) is 0 Å². The van der Waals surface area contributed by atoms with E-state index >= 15 is 0 Å². The van der Waals surface area contributed by atoms with Gasteiger partial charge in [-0.1, -0.05) is 4.32 Å². The summed E-state index contributed by atoms with van der Waals surface area (Å²) >= 11 is 9.14. The first-order valence-electron chi connectivity index (χ1n) is 2.70. The molecule has 0 radical (unpaired) electrons. The first kappa shape index (κ1) is 15.5. The summed E-state index contributed by atoms with van der Waals surface area (Å²) in [6, 6.07) is 0. The standard InChI is InChI=1S/C4H9NO3S3.Na/c1-5(4(9)10)2-3-11(6,7)8;/h2-3H2,1H3,(H,9,10)(H,6,7,8);/q;+1/p-1. The third kappa shape index (κ3) is 9.11. The third-order valence-electron chi connectivity index (χ3n) is 0.996. The molecule has 66 valence electrons. The van der Waals surface area contributed by atoms with E-state index in [4.69, 9.17) is 4.55 Å². The fourth-order valence-electron chi connectivity index (χ4n) is 0.344. The fraction of sp³-hybridized carbons (Fsp3) is 0.750. The molecule has 0 heterocycles. The van der Waals surface area contributed by atoms with Crippen molar-refractivity contribution in [3.05, 3.63) is 0 Å². The van der Waals surface area contributed by atoms with E-state index in [9.17, 15) is 8.42 Å². The van der Waals surface area contributed by atoms with E-state index in [0.29, 0.717) is 0 Å². The van der Waals surface area contributed by atoms with Gasteiger partial charge in [0.15, 0.2) is 0 Å². The van der Waals surface area contributed by atoms with Crippen molar-refractivity contribution in [2.45, 2.75) is 0 Å². The van der Waals surface area contributed by atoms with Crippen LogP contribution in [0.2, 0.25) is 0 Å². The maximum Gasteiger partial charge on any atom is 1.00 e. The summed E-state index contributed by atoms with van der Waals surface area (Å²) < 4.78 is 28.9. The van der Waals surface area contributed by atoms with Crippen molar-refractivity contribution in [3.63, 3.8) is 0 Å². The zero-order valence-electron chi connectivity index (χ0n) is 6.85. The molecule has 0 aliphatic carbocycles. The van der Waals surface area contributed by atoms with Crippen molar-refractivity contribution >= 4 is 39.3 Å². The van der Waals surface area contributed by atoms with Gasteiger partial charge in [0.25, 0.3) is 10.1 Å². The molecule has 0 aliphatic rings. The fourth-order valence-corrected chi connectivity index (χ4v) is 1.03. The number of nitrogens with zero attached hydrogens (tertiary/aromatic N) is 1. The van der Waals surface area contributed by atoms with Gasteiger partial charge in [0, 0.05) is 13.6 Å². The smallest absolute Gasteiger partial charge is 0.411 e. The van der Waals surface area contributed by atoms with E-state index in [1.807, 2.05) is 0 Å². The molecule has 0 aliphatic heterocycles. The van der Waals surface area contributed by atoms with E-state index < -0.39 is 10.1 Å². The minimum absolute atomic E-state index is 0. The Kier molecular flexibility index (Phi) is 8.35. The number of thiocarbonyl (C=S) groups is 1. The molecule has 0 amide bonds. The van der Waals surface area contributed by atoms with Crippen molar-refractivity contribution in [3.8, 4) is 0 Å². The van der Waals surface area contributed by atoms with Crippen LogP contribution in [0.25, 0.3) is 0 Å².